The molecule has 0 atom stereocenters. The van der Waals surface area contributed by atoms with Gasteiger partial charge in [-0.2, -0.15) is 0 Å². The molecule has 0 unspecified atom stereocenters. The Bertz CT molecular complexity index is 1070. The fraction of sp³-hybridized carbons (Fsp3) is 0.0556. The molecule has 0 aliphatic heterocycles. The minimum atomic E-state index is -0.691. The average Bonchev–Trinajstić information content (AvgIpc) is 2.62. The number of anilines is 1. The van der Waals surface area contributed by atoms with E-state index in [2.05, 4.69) is 26.2 Å². The van der Waals surface area contributed by atoms with Crippen LogP contribution in [-0.2, 0) is 6.54 Å². The molecule has 0 aliphatic rings. The molecule has 1 aromatic heterocycles. The van der Waals surface area contributed by atoms with Gasteiger partial charge in [-0.15, -0.1) is 0 Å². The van der Waals surface area contributed by atoms with E-state index >= 15 is 0 Å². The molecule has 0 spiro atoms. The highest BCUT2D eigenvalue weighted by molar-refractivity contribution is 9.10. The van der Waals surface area contributed by atoms with Gasteiger partial charge in [-0.25, -0.2) is 4.79 Å². The molecule has 0 aliphatic carbocycles. The lowest BCUT2D eigenvalue weighted by atomic mass is 10.2. The Morgan fingerprint density at radius 3 is 2.50 bits per heavy atom. The third-order valence-electron chi connectivity index (χ3n) is 3.69. The largest absolute Gasteiger partial charge is 0.328 e. The maximum absolute atomic E-state index is 12.6. The van der Waals surface area contributed by atoms with E-state index in [0.717, 1.165) is 15.2 Å². The molecule has 0 radical (unpaired) electrons. The van der Waals surface area contributed by atoms with Gasteiger partial charge in [-0.3, -0.25) is 14.2 Å². The van der Waals surface area contributed by atoms with Crippen molar-refractivity contribution in [2.24, 2.45) is 0 Å². The Labute approximate surface area is 161 Å². The molecule has 8 heteroatoms. The highest BCUT2D eigenvalue weighted by atomic mass is 79.9. The van der Waals surface area contributed by atoms with E-state index in [1.807, 2.05) is 0 Å². The summed E-state index contributed by atoms with van der Waals surface area (Å²) in [6.45, 7) is -0.0345. The molecule has 3 rings (SSSR count). The molecule has 6 nitrogen and oxygen atoms in total. The highest BCUT2D eigenvalue weighted by Gasteiger charge is 2.16. The van der Waals surface area contributed by atoms with Gasteiger partial charge in [-0.1, -0.05) is 45.7 Å². The first-order valence-corrected chi connectivity index (χ1v) is 8.75. The minimum Gasteiger partial charge on any atom is -0.322 e. The molecule has 132 valence electrons. The van der Waals surface area contributed by atoms with Gasteiger partial charge in [0.15, 0.2) is 0 Å². The van der Waals surface area contributed by atoms with Crippen LogP contribution in [0.5, 0.6) is 0 Å². The van der Waals surface area contributed by atoms with E-state index in [9.17, 15) is 14.4 Å². The van der Waals surface area contributed by atoms with E-state index in [1.165, 1.54) is 0 Å². The van der Waals surface area contributed by atoms with Crippen LogP contribution < -0.4 is 16.6 Å². The van der Waals surface area contributed by atoms with Crippen molar-refractivity contribution in [3.8, 4) is 0 Å². The third kappa shape index (κ3) is 3.95. The van der Waals surface area contributed by atoms with Crippen LogP contribution in [0.1, 0.15) is 15.9 Å². The van der Waals surface area contributed by atoms with Crippen molar-refractivity contribution in [3.63, 3.8) is 0 Å². The number of H-pyrrole nitrogens is 1. The van der Waals surface area contributed by atoms with Gasteiger partial charge in [0.2, 0.25) is 0 Å². The van der Waals surface area contributed by atoms with Crippen LogP contribution in [0.2, 0.25) is 5.02 Å². The first kappa shape index (κ1) is 18.2. The topological polar surface area (TPSA) is 84.0 Å². The molecule has 26 heavy (non-hydrogen) atoms. The first-order chi connectivity index (χ1) is 12.5. The zero-order valence-corrected chi connectivity index (χ0v) is 15.7. The number of amides is 1. The second kappa shape index (κ2) is 7.72. The molecular formula is C18H13BrClN3O3. The monoisotopic (exact) mass is 433 g/mol. The smallest absolute Gasteiger partial charge is 0.322 e. The van der Waals surface area contributed by atoms with Gasteiger partial charge in [0.05, 0.1) is 6.54 Å². The van der Waals surface area contributed by atoms with Crippen molar-refractivity contribution in [2.75, 3.05) is 5.32 Å². The van der Waals surface area contributed by atoms with E-state index in [-0.39, 0.29) is 12.1 Å². The normalized spacial score (nSPS) is 10.5. The SMILES string of the molecule is O=C(Nc1ccc(Br)cc1)c1c[nH]c(=O)n(Cc2ccccc2Cl)c1=O. The number of carbonyl (C=O) groups is 1. The first-order valence-electron chi connectivity index (χ1n) is 7.58. The lowest BCUT2D eigenvalue weighted by Crippen LogP contribution is -2.39. The Kier molecular flexibility index (Phi) is 5.39. The van der Waals surface area contributed by atoms with E-state index < -0.39 is 17.2 Å². The van der Waals surface area contributed by atoms with Crippen molar-refractivity contribution >= 4 is 39.1 Å². The summed E-state index contributed by atoms with van der Waals surface area (Å²) in [6.07, 6.45) is 1.11. The summed E-state index contributed by atoms with van der Waals surface area (Å²) in [7, 11) is 0. The number of nitrogens with one attached hydrogen (secondary N) is 2. The van der Waals surface area contributed by atoms with Crippen LogP contribution in [0.25, 0.3) is 0 Å². The van der Waals surface area contributed by atoms with Crippen molar-refractivity contribution in [1.82, 2.24) is 9.55 Å². The summed E-state index contributed by atoms with van der Waals surface area (Å²) in [5, 5.41) is 3.06. The van der Waals surface area contributed by atoms with Gasteiger partial charge < -0.3 is 10.3 Å². The summed E-state index contributed by atoms with van der Waals surface area (Å²) in [6, 6.07) is 13.8. The predicted molar refractivity (Wildman–Crippen MR) is 104 cm³/mol. The van der Waals surface area contributed by atoms with Crippen LogP contribution in [0.15, 0.2) is 68.8 Å². The maximum atomic E-state index is 12.6. The zero-order valence-electron chi connectivity index (χ0n) is 13.3. The highest BCUT2D eigenvalue weighted by Crippen LogP contribution is 2.16. The lowest BCUT2D eigenvalue weighted by Gasteiger charge is -2.09. The fourth-order valence-corrected chi connectivity index (χ4v) is 2.81. The standard InChI is InChI=1S/C18H13BrClN3O3/c19-12-5-7-13(8-6-12)22-16(24)14-9-21-18(26)23(17(14)25)10-11-3-1-2-4-15(11)20/h1-9H,10H2,(H,21,26)(H,22,24). The van der Waals surface area contributed by atoms with Crippen LogP contribution in [0, 0.1) is 0 Å². The van der Waals surface area contributed by atoms with Crippen molar-refractivity contribution < 1.29 is 4.79 Å². The van der Waals surface area contributed by atoms with Crippen LogP contribution in [0.3, 0.4) is 0 Å². The number of hydrogen-bond acceptors (Lipinski definition) is 3. The third-order valence-corrected chi connectivity index (χ3v) is 4.59. The molecule has 3 aromatic rings. The molecule has 2 N–H and O–H groups in total. The number of halogens is 2. The number of hydrogen-bond donors (Lipinski definition) is 2. The van der Waals surface area contributed by atoms with Crippen molar-refractivity contribution in [1.29, 1.82) is 0 Å². The minimum absolute atomic E-state index is 0.0345. The van der Waals surface area contributed by atoms with Gasteiger partial charge in [0, 0.05) is 21.4 Å². The Hall–Kier alpha value is -2.64. The average molecular weight is 435 g/mol. The zero-order chi connectivity index (χ0) is 18.7. The second-order valence-electron chi connectivity index (χ2n) is 5.45. The van der Waals surface area contributed by atoms with Crippen LogP contribution >= 0.6 is 27.5 Å². The summed E-state index contributed by atoms with van der Waals surface area (Å²) in [4.78, 5) is 39.5. The Morgan fingerprint density at radius 2 is 1.81 bits per heavy atom. The molecule has 0 fully saturated rings. The summed E-state index contributed by atoms with van der Waals surface area (Å²) in [5.41, 5.74) is -0.341. The number of aromatic nitrogens is 2. The summed E-state index contributed by atoms with van der Waals surface area (Å²) in [5.74, 6) is -0.610. The number of rotatable bonds is 4. The number of aromatic amines is 1. The summed E-state index contributed by atoms with van der Waals surface area (Å²) >= 11 is 9.40. The predicted octanol–water partition coefficient (Wildman–Crippen LogP) is 3.25. The quantitative estimate of drug-likeness (QED) is 0.661. The number of carbonyl (C=O) groups excluding carboxylic acids is 1. The molecule has 0 saturated heterocycles. The van der Waals surface area contributed by atoms with Crippen molar-refractivity contribution in [2.45, 2.75) is 6.54 Å². The van der Waals surface area contributed by atoms with Crippen molar-refractivity contribution in [3.05, 3.63) is 96.2 Å². The molecule has 2 aromatic carbocycles. The second-order valence-corrected chi connectivity index (χ2v) is 6.77. The van der Waals surface area contributed by atoms with Gasteiger partial charge in [0.25, 0.3) is 11.5 Å². The van der Waals surface area contributed by atoms with E-state index in [1.54, 1.807) is 48.5 Å². The molecule has 0 saturated carbocycles. The molecular weight excluding hydrogens is 422 g/mol. The molecule has 1 amide bonds. The van der Waals surface area contributed by atoms with Crippen LogP contribution in [-0.4, -0.2) is 15.5 Å². The molecule has 1 heterocycles. The van der Waals surface area contributed by atoms with E-state index in [0.29, 0.717) is 16.3 Å². The fourth-order valence-electron chi connectivity index (χ4n) is 2.35. The maximum Gasteiger partial charge on any atom is 0.328 e. The van der Waals surface area contributed by atoms with Gasteiger partial charge >= 0.3 is 5.69 Å². The van der Waals surface area contributed by atoms with E-state index in [4.69, 9.17) is 11.6 Å². The Morgan fingerprint density at radius 1 is 1.12 bits per heavy atom. The summed E-state index contributed by atoms with van der Waals surface area (Å²) < 4.78 is 1.80. The van der Waals surface area contributed by atoms with Gasteiger partial charge in [0.1, 0.15) is 5.56 Å². The Balaban J connectivity index is 1.93. The molecule has 0 bridgehead atoms. The number of nitrogens with zero attached hydrogens (tertiary/aromatic N) is 1. The lowest BCUT2D eigenvalue weighted by molar-refractivity contribution is 0.102. The van der Waals surface area contributed by atoms with Crippen LogP contribution in [0.4, 0.5) is 5.69 Å². The van der Waals surface area contributed by atoms with Gasteiger partial charge in [-0.05, 0) is 35.9 Å². The number of benzene rings is 2.